The zero-order chi connectivity index (χ0) is 17.6. The fourth-order valence-corrected chi connectivity index (χ4v) is 3.46. The van der Waals surface area contributed by atoms with Crippen molar-refractivity contribution in [2.24, 2.45) is 0 Å². The third-order valence-electron chi connectivity index (χ3n) is 3.90. The molecule has 0 radical (unpaired) electrons. The van der Waals surface area contributed by atoms with Crippen molar-refractivity contribution in [1.82, 2.24) is 15.2 Å². The topological polar surface area (TPSA) is 67.6 Å². The van der Waals surface area contributed by atoms with Crippen LogP contribution in [0.15, 0.2) is 53.7 Å². The van der Waals surface area contributed by atoms with Crippen LogP contribution in [0.4, 0.5) is 14.7 Å². The highest BCUT2D eigenvalue weighted by molar-refractivity contribution is 7.99. The number of nitrogens with two attached hydrogens (primary N) is 1. The van der Waals surface area contributed by atoms with Gasteiger partial charge >= 0.3 is 0 Å². The minimum Gasteiger partial charge on any atom is -0.368 e. The Morgan fingerprint density at radius 1 is 0.960 bits per heavy atom. The van der Waals surface area contributed by atoms with Crippen molar-refractivity contribution in [3.63, 3.8) is 0 Å². The molecule has 3 aromatic rings. The first-order chi connectivity index (χ1) is 12.1. The van der Waals surface area contributed by atoms with Crippen molar-refractivity contribution in [2.45, 2.75) is 23.9 Å². The summed E-state index contributed by atoms with van der Waals surface area (Å²) in [5.41, 5.74) is 7.53. The van der Waals surface area contributed by atoms with Crippen LogP contribution in [-0.2, 0) is 0 Å². The summed E-state index contributed by atoms with van der Waals surface area (Å²) in [7, 11) is 0. The van der Waals surface area contributed by atoms with Gasteiger partial charge < -0.3 is 5.73 Å². The van der Waals surface area contributed by atoms with Crippen molar-refractivity contribution in [3.05, 3.63) is 71.3 Å². The van der Waals surface area contributed by atoms with E-state index in [1.807, 2.05) is 0 Å². The molecule has 0 aliphatic rings. The van der Waals surface area contributed by atoms with Crippen LogP contribution in [0.5, 0.6) is 0 Å². The summed E-state index contributed by atoms with van der Waals surface area (Å²) >= 11 is 1.53. The molecule has 1 heterocycles. The standard InChI is InChI=1S/C18H18F2N4S/c19-14-7-3-12(4-8-14)16(13-5-9-15(20)10-6-13)2-1-11-25-18-22-17(21)23-24-18/h3-10,16H,1-2,11H2,(H3,21,22,23,24). The maximum atomic E-state index is 13.2. The molecule has 0 bridgehead atoms. The number of nitrogens with zero attached hydrogens (tertiary/aromatic N) is 2. The quantitative estimate of drug-likeness (QED) is 0.485. The molecule has 4 nitrogen and oxygen atoms in total. The Morgan fingerprint density at radius 3 is 2.00 bits per heavy atom. The Kier molecular flexibility index (Phi) is 5.65. The zero-order valence-electron chi connectivity index (χ0n) is 13.5. The van der Waals surface area contributed by atoms with Gasteiger partial charge in [0.15, 0.2) is 0 Å². The molecule has 0 amide bonds. The highest BCUT2D eigenvalue weighted by atomic mass is 32.2. The lowest BCUT2D eigenvalue weighted by Gasteiger charge is -2.18. The van der Waals surface area contributed by atoms with Crippen molar-refractivity contribution >= 4 is 17.7 Å². The fourth-order valence-electron chi connectivity index (χ4n) is 2.69. The normalized spacial score (nSPS) is 11.2. The lowest BCUT2D eigenvalue weighted by Crippen LogP contribution is -2.02. The van der Waals surface area contributed by atoms with E-state index in [0.717, 1.165) is 29.7 Å². The van der Waals surface area contributed by atoms with Gasteiger partial charge in [0.1, 0.15) is 11.6 Å². The van der Waals surface area contributed by atoms with Gasteiger partial charge in [0.2, 0.25) is 11.1 Å². The molecule has 1 aromatic heterocycles. The molecule has 0 saturated heterocycles. The maximum absolute atomic E-state index is 13.2. The van der Waals surface area contributed by atoms with Crippen molar-refractivity contribution in [3.8, 4) is 0 Å². The molecule has 7 heteroatoms. The molecule has 25 heavy (non-hydrogen) atoms. The van der Waals surface area contributed by atoms with Gasteiger partial charge in [-0.15, -0.1) is 5.10 Å². The highest BCUT2D eigenvalue weighted by Gasteiger charge is 2.15. The SMILES string of the molecule is Nc1nc(SCCCC(c2ccc(F)cc2)c2ccc(F)cc2)n[nH]1. The summed E-state index contributed by atoms with van der Waals surface area (Å²) in [6.45, 7) is 0. The summed E-state index contributed by atoms with van der Waals surface area (Å²) < 4.78 is 26.4. The second-order valence-electron chi connectivity index (χ2n) is 5.65. The number of hydrogen-bond donors (Lipinski definition) is 2. The average molecular weight is 360 g/mol. The van der Waals surface area contributed by atoms with Crippen LogP contribution in [0.2, 0.25) is 0 Å². The smallest absolute Gasteiger partial charge is 0.216 e. The Balaban J connectivity index is 1.67. The van der Waals surface area contributed by atoms with E-state index in [0.29, 0.717) is 11.1 Å². The van der Waals surface area contributed by atoms with Gasteiger partial charge in [0, 0.05) is 11.7 Å². The molecule has 3 rings (SSSR count). The third-order valence-corrected chi connectivity index (χ3v) is 4.83. The van der Waals surface area contributed by atoms with Gasteiger partial charge in [-0.1, -0.05) is 36.0 Å². The van der Waals surface area contributed by atoms with E-state index in [1.165, 1.54) is 36.0 Å². The Morgan fingerprint density at radius 2 is 1.52 bits per heavy atom. The lowest BCUT2D eigenvalue weighted by atomic mass is 9.88. The first kappa shape index (κ1) is 17.4. The van der Waals surface area contributed by atoms with Crippen LogP contribution in [0.25, 0.3) is 0 Å². The number of hydrogen-bond acceptors (Lipinski definition) is 4. The van der Waals surface area contributed by atoms with Gasteiger partial charge in [-0.3, -0.25) is 0 Å². The number of aromatic nitrogens is 3. The number of halogens is 2. The molecule has 3 N–H and O–H groups in total. The largest absolute Gasteiger partial charge is 0.368 e. The molecule has 0 aliphatic carbocycles. The predicted molar refractivity (Wildman–Crippen MR) is 95.4 cm³/mol. The molecule has 0 saturated carbocycles. The molecule has 0 aliphatic heterocycles. The summed E-state index contributed by atoms with van der Waals surface area (Å²) in [5.74, 6) is 0.687. The van der Waals surface area contributed by atoms with E-state index >= 15 is 0 Å². The van der Waals surface area contributed by atoms with E-state index in [-0.39, 0.29) is 17.6 Å². The summed E-state index contributed by atoms with van der Waals surface area (Å²) in [5, 5.41) is 7.21. The summed E-state index contributed by atoms with van der Waals surface area (Å²) in [6, 6.07) is 13.0. The summed E-state index contributed by atoms with van der Waals surface area (Å²) in [6.07, 6.45) is 1.75. The second-order valence-corrected chi connectivity index (χ2v) is 6.71. The first-order valence-corrected chi connectivity index (χ1v) is 8.92. The predicted octanol–water partition coefficient (Wildman–Crippen LogP) is 4.37. The van der Waals surface area contributed by atoms with Gasteiger partial charge in [-0.25, -0.2) is 13.9 Å². The van der Waals surface area contributed by atoms with Gasteiger partial charge in [0.25, 0.3) is 0 Å². The van der Waals surface area contributed by atoms with Crippen molar-refractivity contribution in [2.75, 3.05) is 11.5 Å². The number of nitrogens with one attached hydrogen (secondary N) is 1. The van der Waals surface area contributed by atoms with E-state index in [2.05, 4.69) is 15.2 Å². The van der Waals surface area contributed by atoms with Gasteiger partial charge in [-0.05, 0) is 48.2 Å². The Hall–Kier alpha value is -2.41. The molecule has 0 fully saturated rings. The van der Waals surface area contributed by atoms with Crippen LogP contribution in [0.1, 0.15) is 29.9 Å². The number of nitrogen functional groups attached to an aromatic ring is 1. The Labute approximate surface area is 148 Å². The van der Waals surface area contributed by atoms with Crippen molar-refractivity contribution < 1.29 is 8.78 Å². The summed E-state index contributed by atoms with van der Waals surface area (Å²) in [4.78, 5) is 4.05. The van der Waals surface area contributed by atoms with E-state index in [4.69, 9.17) is 5.73 Å². The number of thioether (sulfide) groups is 1. The maximum Gasteiger partial charge on any atom is 0.216 e. The molecule has 2 aromatic carbocycles. The highest BCUT2D eigenvalue weighted by Crippen LogP contribution is 2.30. The lowest BCUT2D eigenvalue weighted by molar-refractivity contribution is 0.621. The van der Waals surface area contributed by atoms with Gasteiger partial charge in [0.05, 0.1) is 0 Å². The molecule has 130 valence electrons. The molecular weight excluding hydrogens is 342 g/mol. The average Bonchev–Trinajstić information content (AvgIpc) is 3.02. The van der Waals surface area contributed by atoms with Crippen LogP contribution in [-0.4, -0.2) is 20.9 Å². The fraction of sp³-hybridized carbons (Fsp3) is 0.222. The second kappa shape index (κ2) is 8.11. The van der Waals surface area contributed by atoms with Crippen LogP contribution < -0.4 is 5.73 Å². The van der Waals surface area contributed by atoms with Crippen LogP contribution in [0, 0.1) is 11.6 Å². The molecule has 0 atom stereocenters. The van der Waals surface area contributed by atoms with E-state index in [9.17, 15) is 8.78 Å². The van der Waals surface area contributed by atoms with Crippen molar-refractivity contribution in [1.29, 1.82) is 0 Å². The minimum absolute atomic E-state index is 0.0824. The zero-order valence-corrected chi connectivity index (χ0v) is 14.3. The molecule has 0 spiro atoms. The molecular formula is C18H18F2N4S. The van der Waals surface area contributed by atoms with E-state index in [1.54, 1.807) is 24.3 Å². The minimum atomic E-state index is -0.264. The van der Waals surface area contributed by atoms with Crippen LogP contribution in [0.3, 0.4) is 0 Å². The Bertz CT molecular complexity index is 757. The van der Waals surface area contributed by atoms with Crippen LogP contribution >= 0.6 is 11.8 Å². The van der Waals surface area contributed by atoms with E-state index < -0.39 is 0 Å². The number of anilines is 1. The third kappa shape index (κ3) is 4.79. The first-order valence-electron chi connectivity index (χ1n) is 7.93. The number of benzene rings is 2. The van der Waals surface area contributed by atoms with Gasteiger partial charge in [-0.2, -0.15) is 4.98 Å². The number of aromatic amines is 1. The monoisotopic (exact) mass is 360 g/mol. The number of H-pyrrole nitrogens is 1. The molecule has 0 unspecified atom stereocenters. The number of rotatable bonds is 7.